The smallest absolute Gasteiger partial charge is 0.254 e. The predicted molar refractivity (Wildman–Crippen MR) is 110 cm³/mol. The summed E-state index contributed by atoms with van der Waals surface area (Å²) in [6.07, 6.45) is 1.50. The van der Waals surface area contributed by atoms with E-state index in [4.69, 9.17) is 4.52 Å². The van der Waals surface area contributed by atoms with Gasteiger partial charge in [0.15, 0.2) is 5.82 Å². The first-order valence-corrected chi connectivity index (χ1v) is 10.4. The predicted octanol–water partition coefficient (Wildman–Crippen LogP) is 3.52. The molecule has 3 heterocycles. The van der Waals surface area contributed by atoms with Crippen LogP contribution in [0, 0.1) is 13.8 Å². The third-order valence-electron chi connectivity index (χ3n) is 5.07. The molecule has 1 N–H and O–H groups in total. The summed E-state index contributed by atoms with van der Waals surface area (Å²) in [6, 6.07) is 7.52. The molecule has 0 unspecified atom stereocenters. The summed E-state index contributed by atoms with van der Waals surface area (Å²) in [7, 11) is 0. The van der Waals surface area contributed by atoms with Crippen LogP contribution in [-0.2, 0) is 24.2 Å². The number of amides is 2. The normalized spacial score (nSPS) is 13.2. The zero-order valence-corrected chi connectivity index (χ0v) is 17.2. The molecule has 2 amide bonds. The van der Waals surface area contributed by atoms with Crippen molar-refractivity contribution in [3.8, 4) is 0 Å². The lowest BCUT2D eigenvalue weighted by atomic mass is 10.0. The van der Waals surface area contributed by atoms with Crippen LogP contribution in [-0.4, -0.2) is 33.4 Å². The number of hydrogen-bond donors (Lipinski definition) is 1. The van der Waals surface area contributed by atoms with E-state index < -0.39 is 0 Å². The second-order valence-electron chi connectivity index (χ2n) is 7.11. The van der Waals surface area contributed by atoms with Gasteiger partial charge in [0.1, 0.15) is 0 Å². The topological polar surface area (TPSA) is 88.3 Å². The molecule has 3 aromatic rings. The zero-order chi connectivity index (χ0) is 20.4. The molecule has 8 heteroatoms. The van der Waals surface area contributed by atoms with Gasteiger partial charge in [-0.2, -0.15) is 4.98 Å². The third kappa shape index (κ3) is 4.22. The molecule has 7 nitrogen and oxygen atoms in total. The van der Waals surface area contributed by atoms with E-state index in [9.17, 15) is 9.59 Å². The van der Waals surface area contributed by atoms with E-state index in [2.05, 4.69) is 26.9 Å². The Kier molecular flexibility index (Phi) is 5.44. The van der Waals surface area contributed by atoms with Gasteiger partial charge in [0, 0.05) is 42.1 Å². The molecule has 0 radical (unpaired) electrons. The van der Waals surface area contributed by atoms with Crippen molar-refractivity contribution in [3.05, 3.63) is 62.9 Å². The average molecular weight is 410 g/mol. The number of aryl methyl sites for hydroxylation is 2. The monoisotopic (exact) mass is 410 g/mol. The Bertz CT molecular complexity index is 1060. The van der Waals surface area contributed by atoms with Crippen LogP contribution in [0.25, 0.3) is 0 Å². The van der Waals surface area contributed by atoms with Crippen LogP contribution in [0.5, 0.6) is 0 Å². The molecular formula is C21H22N4O3S. The van der Waals surface area contributed by atoms with E-state index in [0.717, 1.165) is 12.0 Å². The van der Waals surface area contributed by atoms with Gasteiger partial charge < -0.3 is 14.7 Å². The van der Waals surface area contributed by atoms with Gasteiger partial charge in [-0.15, -0.1) is 11.3 Å². The molecule has 29 heavy (non-hydrogen) atoms. The Balaban J connectivity index is 1.43. The molecule has 1 aromatic carbocycles. The third-order valence-corrected chi connectivity index (χ3v) is 6.09. The number of nitrogens with one attached hydrogen (secondary N) is 1. The summed E-state index contributed by atoms with van der Waals surface area (Å²) in [6.45, 7) is 4.95. The number of fused-ring (bicyclic) bond motifs is 1. The van der Waals surface area contributed by atoms with Gasteiger partial charge in [-0.1, -0.05) is 11.2 Å². The maximum absolute atomic E-state index is 13.1. The summed E-state index contributed by atoms with van der Waals surface area (Å²) < 4.78 is 5.03. The van der Waals surface area contributed by atoms with E-state index in [1.54, 1.807) is 24.3 Å². The van der Waals surface area contributed by atoms with Crippen LogP contribution < -0.4 is 5.32 Å². The fourth-order valence-corrected chi connectivity index (χ4v) is 4.36. The van der Waals surface area contributed by atoms with Crippen molar-refractivity contribution < 1.29 is 14.1 Å². The minimum Gasteiger partial charge on any atom is -0.339 e. The summed E-state index contributed by atoms with van der Waals surface area (Å²) in [5.74, 6) is 0.831. The fourth-order valence-electron chi connectivity index (χ4n) is 3.47. The van der Waals surface area contributed by atoms with Crippen molar-refractivity contribution in [2.45, 2.75) is 39.7 Å². The molecule has 2 aromatic heterocycles. The van der Waals surface area contributed by atoms with E-state index in [1.807, 2.05) is 24.0 Å². The molecular weight excluding hydrogens is 388 g/mol. The Hall–Kier alpha value is -3.00. The number of carbonyl (C=O) groups is 2. The maximum Gasteiger partial charge on any atom is 0.254 e. The molecule has 0 saturated heterocycles. The number of thiophene rings is 1. The molecule has 150 valence electrons. The first-order chi connectivity index (χ1) is 14.0. The highest BCUT2D eigenvalue weighted by Crippen LogP contribution is 2.27. The van der Waals surface area contributed by atoms with Crippen molar-refractivity contribution >= 4 is 28.8 Å². The highest BCUT2D eigenvalue weighted by Gasteiger charge is 2.24. The molecule has 1 aliphatic heterocycles. The van der Waals surface area contributed by atoms with Crippen LogP contribution in [0.15, 0.2) is 34.2 Å². The standard InChI is InChI=1S/C21H22N4O3S/c1-13-16(21(27)25-10-8-18-15(12-25)9-11-29-18)4-3-5-17(13)23-19(26)6-7-20-22-14(2)24-28-20/h3-5,9,11H,6-8,10,12H2,1-2H3,(H,23,26). The van der Waals surface area contributed by atoms with E-state index >= 15 is 0 Å². The first kappa shape index (κ1) is 19.3. The van der Waals surface area contributed by atoms with Crippen molar-refractivity contribution in [3.63, 3.8) is 0 Å². The number of hydrogen-bond acceptors (Lipinski definition) is 6. The number of benzene rings is 1. The van der Waals surface area contributed by atoms with Crippen LogP contribution >= 0.6 is 11.3 Å². The molecule has 4 rings (SSSR count). The Labute approximate surface area is 172 Å². The lowest BCUT2D eigenvalue weighted by Crippen LogP contribution is -2.35. The highest BCUT2D eigenvalue weighted by molar-refractivity contribution is 7.10. The van der Waals surface area contributed by atoms with E-state index in [0.29, 0.717) is 42.5 Å². The zero-order valence-electron chi connectivity index (χ0n) is 16.4. The quantitative estimate of drug-likeness (QED) is 0.695. The molecule has 0 aliphatic carbocycles. The van der Waals surface area contributed by atoms with Crippen molar-refractivity contribution in [2.75, 3.05) is 11.9 Å². The SMILES string of the molecule is Cc1noc(CCC(=O)Nc2cccc(C(=O)N3CCc4sccc4C3)c2C)n1. The molecule has 0 spiro atoms. The van der Waals surface area contributed by atoms with Crippen LogP contribution in [0.2, 0.25) is 0 Å². The van der Waals surface area contributed by atoms with Gasteiger partial charge >= 0.3 is 0 Å². The number of carbonyl (C=O) groups excluding carboxylic acids is 2. The van der Waals surface area contributed by atoms with Gasteiger partial charge in [-0.05, 0) is 55.0 Å². The van der Waals surface area contributed by atoms with Gasteiger partial charge in [0.2, 0.25) is 11.8 Å². The molecule has 0 bridgehead atoms. The number of rotatable bonds is 5. The number of nitrogens with zero attached hydrogens (tertiary/aromatic N) is 3. The molecule has 1 aliphatic rings. The second kappa shape index (κ2) is 8.16. The van der Waals surface area contributed by atoms with Gasteiger partial charge in [-0.3, -0.25) is 9.59 Å². The maximum atomic E-state index is 13.1. The van der Waals surface area contributed by atoms with Gasteiger partial charge in [-0.25, -0.2) is 0 Å². The highest BCUT2D eigenvalue weighted by atomic mass is 32.1. The molecule has 0 atom stereocenters. The lowest BCUT2D eigenvalue weighted by molar-refractivity contribution is -0.116. The van der Waals surface area contributed by atoms with Gasteiger partial charge in [0.05, 0.1) is 0 Å². The minimum atomic E-state index is -0.158. The fraction of sp³-hybridized carbons (Fsp3) is 0.333. The lowest BCUT2D eigenvalue weighted by Gasteiger charge is -2.28. The first-order valence-electron chi connectivity index (χ1n) is 9.54. The van der Waals surface area contributed by atoms with Crippen molar-refractivity contribution in [1.29, 1.82) is 0 Å². The number of anilines is 1. The summed E-state index contributed by atoms with van der Waals surface area (Å²) in [4.78, 5) is 32.8. The summed E-state index contributed by atoms with van der Waals surface area (Å²) >= 11 is 1.75. The van der Waals surface area contributed by atoms with Gasteiger partial charge in [0.25, 0.3) is 5.91 Å². The molecule has 0 fully saturated rings. The molecule has 0 saturated carbocycles. The van der Waals surface area contributed by atoms with Crippen LogP contribution in [0.1, 0.15) is 44.5 Å². The van der Waals surface area contributed by atoms with Crippen molar-refractivity contribution in [1.82, 2.24) is 15.0 Å². The van der Waals surface area contributed by atoms with Crippen molar-refractivity contribution in [2.24, 2.45) is 0 Å². The average Bonchev–Trinajstić information content (AvgIpc) is 3.35. The second-order valence-corrected chi connectivity index (χ2v) is 8.11. The van der Waals surface area contributed by atoms with E-state index in [-0.39, 0.29) is 18.2 Å². The summed E-state index contributed by atoms with van der Waals surface area (Å²) in [5, 5.41) is 8.70. The van der Waals surface area contributed by atoms with Crippen LogP contribution in [0.4, 0.5) is 5.69 Å². The van der Waals surface area contributed by atoms with E-state index in [1.165, 1.54) is 10.4 Å². The Morgan fingerprint density at radius 2 is 2.14 bits per heavy atom. The Morgan fingerprint density at radius 3 is 2.93 bits per heavy atom. The Morgan fingerprint density at radius 1 is 1.28 bits per heavy atom. The largest absolute Gasteiger partial charge is 0.339 e. The minimum absolute atomic E-state index is 0.00298. The summed E-state index contributed by atoms with van der Waals surface area (Å²) in [5.41, 5.74) is 3.27. The van der Waals surface area contributed by atoms with Crippen LogP contribution in [0.3, 0.4) is 0 Å². The number of aromatic nitrogens is 2.